The lowest BCUT2D eigenvalue weighted by Gasteiger charge is -2.13. The lowest BCUT2D eigenvalue weighted by molar-refractivity contribution is 0.451. The second kappa shape index (κ2) is 5.40. The van der Waals surface area contributed by atoms with Crippen LogP contribution in [0.4, 0.5) is 5.69 Å². The molecule has 2 rings (SSSR count). The Labute approximate surface area is 115 Å². The number of aromatic nitrogens is 1. The largest absolute Gasteiger partial charge is 0.438 e. The maximum atomic E-state index is 5.84. The highest BCUT2D eigenvalue weighted by atomic mass is 79.9. The minimum Gasteiger partial charge on any atom is -0.438 e. The zero-order chi connectivity index (χ0) is 13.1. The Balaban J connectivity index is 2.34. The van der Waals surface area contributed by atoms with Crippen LogP contribution >= 0.6 is 15.9 Å². The third-order valence-electron chi connectivity index (χ3n) is 2.58. The summed E-state index contributed by atoms with van der Waals surface area (Å²) < 4.78 is 6.59. The molecule has 1 aromatic heterocycles. The maximum absolute atomic E-state index is 5.84. The van der Waals surface area contributed by atoms with Crippen LogP contribution in [0.2, 0.25) is 0 Å². The predicted molar refractivity (Wildman–Crippen MR) is 77.0 cm³/mol. The number of anilines is 1. The number of halogens is 1. The van der Waals surface area contributed by atoms with Crippen molar-refractivity contribution in [3.8, 4) is 11.6 Å². The summed E-state index contributed by atoms with van der Waals surface area (Å²) in [4.78, 5) is 4.18. The smallest absolute Gasteiger partial charge is 0.233 e. The number of pyridine rings is 1. The van der Waals surface area contributed by atoms with Crippen molar-refractivity contribution in [3.05, 3.63) is 46.6 Å². The Morgan fingerprint density at radius 1 is 1.28 bits per heavy atom. The summed E-state index contributed by atoms with van der Waals surface area (Å²) in [7, 11) is 0. The molecule has 0 bridgehead atoms. The Kier molecular flexibility index (Phi) is 3.87. The Bertz CT molecular complexity index is 555. The first kappa shape index (κ1) is 12.9. The van der Waals surface area contributed by atoms with Gasteiger partial charge in [0.05, 0.1) is 16.4 Å². The van der Waals surface area contributed by atoms with Crippen molar-refractivity contribution >= 4 is 21.6 Å². The molecule has 0 saturated heterocycles. The summed E-state index contributed by atoms with van der Waals surface area (Å²) in [6.07, 6.45) is 1.58. The average Bonchev–Trinajstić information content (AvgIpc) is 2.33. The highest BCUT2D eigenvalue weighted by Crippen LogP contribution is 2.33. The van der Waals surface area contributed by atoms with Crippen LogP contribution in [-0.4, -0.2) is 4.98 Å². The number of hydrogen-bond acceptors (Lipinski definition) is 3. The summed E-state index contributed by atoms with van der Waals surface area (Å²) in [5.41, 5.74) is 7.41. The topological polar surface area (TPSA) is 48.1 Å². The van der Waals surface area contributed by atoms with Crippen LogP contribution in [-0.2, 0) is 0 Å². The van der Waals surface area contributed by atoms with Gasteiger partial charge in [0.2, 0.25) is 5.88 Å². The zero-order valence-corrected chi connectivity index (χ0v) is 11.9. The molecule has 2 N–H and O–H groups in total. The van der Waals surface area contributed by atoms with Crippen molar-refractivity contribution in [3.63, 3.8) is 0 Å². The van der Waals surface area contributed by atoms with E-state index in [0.29, 0.717) is 17.5 Å². The van der Waals surface area contributed by atoms with Gasteiger partial charge in [0.25, 0.3) is 0 Å². The van der Waals surface area contributed by atoms with Gasteiger partial charge in [-0.1, -0.05) is 32.0 Å². The van der Waals surface area contributed by atoms with E-state index in [2.05, 4.69) is 40.8 Å². The molecule has 0 amide bonds. The van der Waals surface area contributed by atoms with E-state index in [9.17, 15) is 0 Å². The third-order valence-corrected chi connectivity index (χ3v) is 3.14. The van der Waals surface area contributed by atoms with Crippen LogP contribution in [0.25, 0.3) is 0 Å². The molecule has 0 aliphatic heterocycles. The normalized spacial score (nSPS) is 10.7. The maximum Gasteiger partial charge on any atom is 0.233 e. The van der Waals surface area contributed by atoms with E-state index < -0.39 is 0 Å². The summed E-state index contributed by atoms with van der Waals surface area (Å²) in [5.74, 6) is 1.75. The van der Waals surface area contributed by atoms with Crippen molar-refractivity contribution in [2.45, 2.75) is 19.8 Å². The van der Waals surface area contributed by atoms with Crippen LogP contribution < -0.4 is 10.5 Å². The van der Waals surface area contributed by atoms with E-state index >= 15 is 0 Å². The predicted octanol–water partition coefficient (Wildman–Crippen LogP) is 4.34. The summed E-state index contributed by atoms with van der Waals surface area (Å²) in [6.45, 7) is 4.27. The van der Waals surface area contributed by atoms with Crippen LogP contribution in [0, 0.1) is 0 Å². The molecule has 2 aromatic rings. The van der Waals surface area contributed by atoms with E-state index in [-0.39, 0.29) is 0 Å². The van der Waals surface area contributed by atoms with Gasteiger partial charge < -0.3 is 10.5 Å². The lowest BCUT2D eigenvalue weighted by atomic mass is 10.0. The molecule has 3 nitrogen and oxygen atoms in total. The molecular weight excluding hydrogens is 292 g/mol. The number of ether oxygens (including phenoxy) is 1. The van der Waals surface area contributed by atoms with Gasteiger partial charge in [-0.15, -0.1) is 0 Å². The standard InChI is InChI=1S/C14H15BrN2O/c1-9(2)11-5-3-4-6-13(11)18-14-12(15)7-10(16)8-17-14/h3-9H,16H2,1-2H3. The van der Waals surface area contributed by atoms with E-state index in [0.717, 1.165) is 15.8 Å². The van der Waals surface area contributed by atoms with E-state index in [4.69, 9.17) is 10.5 Å². The second-order valence-corrected chi connectivity index (χ2v) is 5.20. The van der Waals surface area contributed by atoms with Gasteiger partial charge in [0.15, 0.2) is 0 Å². The molecule has 0 radical (unpaired) electrons. The molecular formula is C14H15BrN2O. The fourth-order valence-corrected chi connectivity index (χ4v) is 2.12. The fraction of sp³-hybridized carbons (Fsp3) is 0.214. The van der Waals surface area contributed by atoms with Gasteiger partial charge in [0, 0.05) is 0 Å². The molecule has 18 heavy (non-hydrogen) atoms. The SMILES string of the molecule is CC(C)c1ccccc1Oc1ncc(N)cc1Br. The summed E-state index contributed by atoms with van der Waals surface area (Å²) >= 11 is 3.40. The van der Waals surface area contributed by atoms with Crippen molar-refractivity contribution in [1.82, 2.24) is 4.98 Å². The van der Waals surface area contributed by atoms with Crippen LogP contribution in [0.1, 0.15) is 25.3 Å². The quantitative estimate of drug-likeness (QED) is 0.917. The first-order valence-corrected chi connectivity index (χ1v) is 6.55. The number of nitrogens with two attached hydrogens (primary N) is 1. The van der Waals surface area contributed by atoms with Crippen LogP contribution in [0.5, 0.6) is 11.6 Å². The lowest BCUT2D eigenvalue weighted by Crippen LogP contribution is -1.96. The number of rotatable bonds is 3. The van der Waals surface area contributed by atoms with Gasteiger partial charge in [-0.05, 0) is 39.5 Å². The highest BCUT2D eigenvalue weighted by Gasteiger charge is 2.10. The molecule has 0 spiro atoms. The Morgan fingerprint density at radius 2 is 2.00 bits per heavy atom. The van der Waals surface area contributed by atoms with Gasteiger partial charge in [0.1, 0.15) is 5.75 Å². The second-order valence-electron chi connectivity index (χ2n) is 4.35. The highest BCUT2D eigenvalue weighted by molar-refractivity contribution is 9.10. The summed E-state index contributed by atoms with van der Waals surface area (Å²) in [5, 5.41) is 0. The van der Waals surface area contributed by atoms with E-state index in [1.54, 1.807) is 12.3 Å². The Morgan fingerprint density at radius 3 is 2.67 bits per heavy atom. The molecule has 1 aromatic carbocycles. The molecule has 0 saturated carbocycles. The Hall–Kier alpha value is -1.55. The van der Waals surface area contributed by atoms with Gasteiger partial charge in [-0.25, -0.2) is 4.98 Å². The van der Waals surface area contributed by atoms with Crippen molar-refractivity contribution < 1.29 is 4.74 Å². The van der Waals surface area contributed by atoms with Gasteiger partial charge >= 0.3 is 0 Å². The number of nitrogen functional groups attached to an aromatic ring is 1. The third kappa shape index (κ3) is 2.82. The number of para-hydroxylation sites is 1. The van der Waals surface area contributed by atoms with E-state index in [1.807, 2.05) is 18.2 Å². The molecule has 0 atom stereocenters. The van der Waals surface area contributed by atoms with E-state index in [1.165, 1.54) is 0 Å². The molecule has 1 heterocycles. The molecule has 0 fully saturated rings. The first-order valence-electron chi connectivity index (χ1n) is 5.75. The molecule has 4 heteroatoms. The average molecular weight is 307 g/mol. The van der Waals surface area contributed by atoms with Crippen LogP contribution in [0.15, 0.2) is 41.0 Å². The number of benzene rings is 1. The minimum absolute atomic E-state index is 0.397. The van der Waals surface area contributed by atoms with Crippen molar-refractivity contribution in [2.75, 3.05) is 5.73 Å². The van der Waals surface area contributed by atoms with Crippen molar-refractivity contribution in [1.29, 1.82) is 0 Å². The summed E-state index contributed by atoms with van der Waals surface area (Å²) in [6, 6.07) is 9.74. The zero-order valence-electron chi connectivity index (χ0n) is 10.4. The molecule has 0 aliphatic rings. The first-order chi connectivity index (χ1) is 8.58. The van der Waals surface area contributed by atoms with Crippen molar-refractivity contribution in [2.24, 2.45) is 0 Å². The molecule has 94 valence electrons. The number of hydrogen-bond donors (Lipinski definition) is 1. The monoisotopic (exact) mass is 306 g/mol. The van der Waals surface area contributed by atoms with Gasteiger partial charge in [-0.2, -0.15) is 0 Å². The molecule has 0 aliphatic carbocycles. The van der Waals surface area contributed by atoms with Crippen LogP contribution in [0.3, 0.4) is 0 Å². The fourth-order valence-electron chi connectivity index (χ4n) is 1.67. The minimum atomic E-state index is 0.397. The van der Waals surface area contributed by atoms with Gasteiger partial charge in [-0.3, -0.25) is 0 Å². The number of nitrogens with zero attached hydrogens (tertiary/aromatic N) is 1. The molecule has 0 unspecified atom stereocenters.